The third-order valence-corrected chi connectivity index (χ3v) is 2.40. The molecule has 0 atom stereocenters. The molecule has 0 spiro atoms. The molecule has 1 heterocycles. The maximum absolute atomic E-state index is 10.7. The van der Waals surface area contributed by atoms with Crippen LogP contribution in [-0.4, -0.2) is 21.3 Å². The maximum Gasteiger partial charge on any atom is 0.357 e. The van der Waals surface area contributed by atoms with E-state index in [4.69, 9.17) is 5.11 Å². The number of nitrogens with one attached hydrogen (secondary N) is 1. The summed E-state index contributed by atoms with van der Waals surface area (Å²) in [7, 11) is 0. The Labute approximate surface area is 81.7 Å². The molecule has 0 saturated carbocycles. The predicted molar refractivity (Wildman–Crippen MR) is 50.8 cm³/mol. The minimum atomic E-state index is -1.03. The van der Waals surface area contributed by atoms with E-state index in [-0.39, 0.29) is 5.69 Å². The first-order valence-corrected chi connectivity index (χ1v) is 4.35. The Hall–Kier alpha value is -1.36. The average Bonchev–Trinajstić information content (AvgIpc) is 2.49. The number of carboxylic acids is 1. The summed E-state index contributed by atoms with van der Waals surface area (Å²) in [6.45, 7) is 0. The van der Waals surface area contributed by atoms with Crippen LogP contribution in [0, 0.1) is 0 Å². The Morgan fingerprint density at radius 1 is 1.54 bits per heavy atom. The van der Waals surface area contributed by atoms with Gasteiger partial charge in [0.05, 0.1) is 5.52 Å². The second kappa shape index (κ2) is 2.85. The second-order valence-electron chi connectivity index (χ2n) is 2.54. The van der Waals surface area contributed by atoms with E-state index in [1.54, 1.807) is 12.1 Å². The van der Waals surface area contributed by atoms with Gasteiger partial charge in [0.25, 0.3) is 0 Å². The summed E-state index contributed by atoms with van der Waals surface area (Å²) in [5.41, 5.74) is 0.759. The van der Waals surface area contributed by atoms with Gasteiger partial charge in [-0.2, -0.15) is 5.10 Å². The monoisotopic (exact) mass is 240 g/mol. The number of aromatic carboxylic acids is 1. The van der Waals surface area contributed by atoms with E-state index in [0.717, 1.165) is 4.47 Å². The molecule has 0 bridgehead atoms. The minimum absolute atomic E-state index is 0.0440. The molecule has 66 valence electrons. The lowest BCUT2D eigenvalue weighted by atomic mass is 10.2. The van der Waals surface area contributed by atoms with Crippen molar-refractivity contribution < 1.29 is 9.90 Å². The Morgan fingerprint density at radius 2 is 2.31 bits per heavy atom. The number of halogens is 1. The molecule has 0 unspecified atom stereocenters. The molecule has 2 aromatic rings. The molecule has 0 fully saturated rings. The zero-order valence-electron chi connectivity index (χ0n) is 6.41. The van der Waals surface area contributed by atoms with Crippen molar-refractivity contribution in [2.24, 2.45) is 0 Å². The highest BCUT2D eigenvalue weighted by Gasteiger charge is 2.14. The van der Waals surface area contributed by atoms with Crippen molar-refractivity contribution in [2.45, 2.75) is 0 Å². The molecule has 0 saturated heterocycles. The van der Waals surface area contributed by atoms with Gasteiger partial charge in [-0.25, -0.2) is 4.79 Å². The van der Waals surface area contributed by atoms with Crippen LogP contribution in [0.4, 0.5) is 0 Å². The van der Waals surface area contributed by atoms with Gasteiger partial charge in [0.1, 0.15) is 0 Å². The van der Waals surface area contributed by atoms with Crippen molar-refractivity contribution in [2.75, 3.05) is 0 Å². The smallest absolute Gasteiger partial charge is 0.357 e. The largest absolute Gasteiger partial charge is 0.476 e. The molecular weight excluding hydrogens is 236 g/mol. The SMILES string of the molecule is O=C(O)c1n[nH]c2cccc(Br)c12. The number of H-pyrrole nitrogens is 1. The lowest BCUT2D eigenvalue weighted by molar-refractivity contribution is 0.0692. The van der Waals surface area contributed by atoms with Crippen molar-refractivity contribution in [3.05, 3.63) is 28.4 Å². The average molecular weight is 241 g/mol. The molecule has 13 heavy (non-hydrogen) atoms. The number of nitrogens with zero attached hydrogens (tertiary/aromatic N) is 1. The number of aromatic amines is 1. The molecule has 4 nitrogen and oxygen atoms in total. The van der Waals surface area contributed by atoms with Crippen LogP contribution in [0.2, 0.25) is 0 Å². The summed E-state index contributed by atoms with van der Waals surface area (Å²) >= 11 is 3.27. The number of hydrogen-bond acceptors (Lipinski definition) is 2. The Bertz CT molecular complexity index is 478. The van der Waals surface area contributed by atoms with Crippen LogP contribution in [0.1, 0.15) is 10.5 Å². The molecule has 1 aromatic carbocycles. The van der Waals surface area contributed by atoms with Gasteiger partial charge in [0.15, 0.2) is 5.69 Å². The van der Waals surface area contributed by atoms with Crippen molar-refractivity contribution in [1.82, 2.24) is 10.2 Å². The first-order valence-electron chi connectivity index (χ1n) is 3.56. The number of aromatic nitrogens is 2. The van der Waals surface area contributed by atoms with Crippen molar-refractivity contribution >= 4 is 32.8 Å². The molecule has 0 aliphatic heterocycles. The highest BCUT2D eigenvalue weighted by Crippen LogP contribution is 2.24. The highest BCUT2D eigenvalue weighted by atomic mass is 79.9. The Kier molecular flexibility index (Phi) is 1.81. The van der Waals surface area contributed by atoms with Gasteiger partial charge in [-0.05, 0) is 12.1 Å². The molecule has 0 radical (unpaired) electrons. The number of hydrogen-bond donors (Lipinski definition) is 2. The normalized spacial score (nSPS) is 10.5. The van der Waals surface area contributed by atoms with E-state index in [1.165, 1.54) is 0 Å². The first-order chi connectivity index (χ1) is 6.20. The van der Waals surface area contributed by atoms with E-state index in [2.05, 4.69) is 26.1 Å². The summed E-state index contributed by atoms with van der Waals surface area (Å²) in [6.07, 6.45) is 0. The van der Waals surface area contributed by atoms with E-state index in [9.17, 15) is 4.79 Å². The van der Waals surface area contributed by atoms with Crippen LogP contribution in [0.3, 0.4) is 0 Å². The Morgan fingerprint density at radius 3 is 3.00 bits per heavy atom. The van der Waals surface area contributed by atoms with Crippen molar-refractivity contribution in [1.29, 1.82) is 0 Å². The number of carbonyl (C=O) groups is 1. The summed E-state index contributed by atoms with van der Waals surface area (Å²) in [4.78, 5) is 10.7. The second-order valence-corrected chi connectivity index (χ2v) is 3.39. The van der Waals surface area contributed by atoms with Crippen LogP contribution in [-0.2, 0) is 0 Å². The zero-order valence-corrected chi connectivity index (χ0v) is 8.00. The van der Waals surface area contributed by atoms with Crippen molar-refractivity contribution in [3.63, 3.8) is 0 Å². The van der Waals surface area contributed by atoms with E-state index in [1.807, 2.05) is 6.07 Å². The molecule has 2 rings (SSSR count). The highest BCUT2D eigenvalue weighted by molar-refractivity contribution is 9.10. The Balaban J connectivity index is 2.86. The van der Waals surface area contributed by atoms with E-state index in [0.29, 0.717) is 10.9 Å². The molecule has 0 aliphatic carbocycles. The number of fused-ring (bicyclic) bond motifs is 1. The molecular formula is C8H5BrN2O2. The third-order valence-electron chi connectivity index (χ3n) is 1.74. The quantitative estimate of drug-likeness (QED) is 0.802. The van der Waals surface area contributed by atoms with Crippen LogP contribution >= 0.6 is 15.9 Å². The zero-order chi connectivity index (χ0) is 9.42. The number of carboxylic acid groups (broad SMARTS) is 1. The van der Waals surface area contributed by atoms with Gasteiger partial charge in [-0.1, -0.05) is 22.0 Å². The van der Waals surface area contributed by atoms with Gasteiger partial charge in [0.2, 0.25) is 0 Å². The van der Waals surface area contributed by atoms with Gasteiger partial charge in [-0.3, -0.25) is 5.10 Å². The fraction of sp³-hybridized carbons (Fsp3) is 0. The molecule has 5 heteroatoms. The molecule has 2 N–H and O–H groups in total. The van der Waals surface area contributed by atoms with E-state index >= 15 is 0 Å². The molecule has 0 aliphatic rings. The predicted octanol–water partition coefficient (Wildman–Crippen LogP) is 2.02. The summed E-state index contributed by atoms with van der Waals surface area (Å²) < 4.78 is 0.733. The first kappa shape index (κ1) is 8.25. The van der Waals surface area contributed by atoms with Crippen LogP contribution in [0.5, 0.6) is 0 Å². The van der Waals surface area contributed by atoms with Crippen molar-refractivity contribution in [3.8, 4) is 0 Å². The van der Waals surface area contributed by atoms with Crippen LogP contribution < -0.4 is 0 Å². The van der Waals surface area contributed by atoms with Gasteiger partial charge < -0.3 is 5.11 Å². The molecule has 0 amide bonds. The third kappa shape index (κ3) is 1.21. The molecule has 1 aromatic heterocycles. The van der Waals surface area contributed by atoms with Gasteiger partial charge >= 0.3 is 5.97 Å². The fourth-order valence-electron chi connectivity index (χ4n) is 1.18. The van der Waals surface area contributed by atoms with Crippen LogP contribution in [0.15, 0.2) is 22.7 Å². The number of benzene rings is 1. The summed E-state index contributed by atoms with van der Waals surface area (Å²) in [5.74, 6) is -1.03. The van der Waals surface area contributed by atoms with E-state index < -0.39 is 5.97 Å². The maximum atomic E-state index is 10.7. The fourth-order valence-corrected chi connectivity index (χ4v) is 1.74. The van der Waals surface area contributed by atoms with Crippen LogP contribution in [0.25, 0.3) is 10.9 Å². The minimum Gasteiger partial charge on any atom is -0.476 e. The lowest BCUT2D eigenvalue weighted by Crippen LogP contribution is -1.96. The van der Waals surface area contributed by atoms with Gasteiger partial charge in [0, 0.05) is 9.86 Å². The summed E-state index contributed by atoms with van der Waals surface area (Å²) in [5, 5.41) is 15.7. The topological polar surface area (TPSA) is 66.0 Å². The number of rotatable bonds is 1. The van der Waals surface area contributed by atoms with Gasteiger partial charge in [-0.15, -0.1) is 0 Å². The summed E-state index contributed by atoms with van der Waals surface area (Å²) in [6, 6.07) is 5.38. The lowest BCUT2D eigenvalue weighted by Gasteiger charge is -1.92. The standard InChI is InChI=1S/C8H5BrN2O2/c9-4-2-1-3-5-6(4)7(8(12)13)11-10-5/h1-3H,(H,10,11)(H,12,13).